The van der Waals surface area contributed by atoms with E-state index < -0.39 is 16.9 Å². The number of halogens is 2. The van der Waals surface area contributed by atoms with Gasteiger partial charge in [-0.15, -0.1) is 23.1 Å². The summed E-state index contributed by atoms with van der Waals surface area (Å²) in [6.45, 7) is 1.91. The number of rotatable bonds is 7. The molecule has 6 rings (SSSR count). The van der Waals surface area contributed by atoms with E-state index in [9.17, 15) is 14.0 Å². The summed E-state index contributed by atoms with van der Waals surface area (Å²) in [6.07, 6.45) is 3.31. The molecule has 1 aliphatic rings. The molecule has 0 bridgehead atoms. The molecule has 0 aliphatic carbocycles. The molecule has 3 aromatic heterocycles. The molecule has 1 atom stereocenters. The number of nitrogens with one attached hydrogen (secondary N) is 1. The van der Waals surface area contributed by atoms with Crippen LogP contribution in [0.2, 0.25) is 0 Å². The van der Waals surface area contributed by atoms with E-state index in [4.69, 9.17) is 5.10 Å². The first-order valence-corrected chi connectivity index (χ1v) is 15.1. The van der Waals surface area contributed by atoms with Crippen LogP contribution < -0.4 is 10.2 Å². The van der Waals surface area contributed by atoms with Crippen molar-refractivity contribution in [2.75, 3.05) is 17.2 Å². The summed E-state index contributed by atoms with van der Waals surface area (Å²) in [7, 11) is 0. The van der Waals surface area contributed by atoms with E-state index in [1.807, 2.05) is 54.8 Å². The van der Waals surface area contributed by atoms with Crippen LogP contribution in [0.4, 0.5) is 14.6 Å². The molecule has 0 saturated heterocycles. The molecule has 42 heavy (non-hydrogen) atoms. The molecule has 0 radical (unpaired) electrons. The van der Waals surface area contributed by atoms with Gasteiger partial charge in [0.1, 0.15) is 29.7 Å². The summed E-state index contributed by atoms with van der Waals surface area (Å²) in [5.41, 5.74) is 3.83. The van der Waals surface area contributed by atoms with Crippen molar-refractivity contribution in [1.82, 2.24) is 20.1 Å². The van der Waals surface area contributed by atoms with Gasteiger partial charge in [0, 0.05) is 36.1 Å². The van der Waals surface area contributed by atoms with Gasteiger partial charge in [-0.1, -0.05) is 36.4 Å². The average Bonchev–Trinajstić information content (AvgIpc) is 3.63. The standard InChI is InChI=1S/C31H25F2N5O2S2/c1-19-6-2-3-8-24(19)38-31-28(29(36-38)25-9-5-13-41-25)30(22-11-10-21(32)14-23(22)33)42-18-27(40)37(31)17-26(39)35-16-20-7-4-12-34-15-20/h2-15,30H,16-18H2,1H3,(H,35,39). The van der Waals surface area contributed by atoms with E-state index in [0.29, 0.717) is 17.1 Å². The van der Waals surface area contributed by atoms with Gasteiger partial charge in [0.2, 0.25) is 11.8 Å². The summed E-state index contributed by atoms with van der Waals surface area (Å²) in [4.78, 5) is 33.4. The van der Waals surface area contributed by atoms with Crippen LogP contribution in [0.15, 0.2) is 84.5 Å². The summed E-state index contributed by atoms with van der Waals surface area (Å²) in [5, 5.41) is 9.10. The van der Waals surface area contributed by atoms with E-state index >= 15 is 4.39 Å². The Labute approximate surface area is 249 Å². The second-order valence-electron chi connectivity index (χ2n) is 9.74. The van der Waals surface area contributed by atoms with Crippen LogP contribution in [-0.4, -0.2) is 38.9 Å². The highest BCUT2D eigenvalue weighted by Crippen LogP contribution is 2.49. The first-order valence-electron chi connectivity index (χ1n) is 13.2. The number of amides is 2. The SMILES string of the molecule is Cc1ccccc1-n1nc(-c2cccs2)c2c1N(CC(=O)NCc1cccnc1)C(=O)CSC2c1ccc(F)cc1F. The lowest BCUT2D eigenvalue weighted by atomic mass is 10.0. The Hall–Kier alpha value is -4.35. The Bertz CT molecular complexity index is 1760. The van der Waals surface area contributed by atoms with Gasteiger partial charge in [-0.3, -0.25) is 19.5 Å². The number of thioether (sulfide) groups is 1. The van der Waals surface area contributed by atoms with Gasteiger partial charge in [-0.2, -0.15) is 5.10 Å². The van der Waals surface area contributed by atoms with E-state index in [-0.39, 0.29) is 36.2 Å². The van der Waals surface area contributed by atoms with Crippen molar-refractivity contribution in [3.8, 4) is 16.3 Å². The average molecular weight is 602 g/mol. The Morgan fingerprint density at radius 2 is 1.95 bits per heavy atom. The number of nitrogens with zero attached hydrogens (tertiary/aromatic N) is 4. The highest BCUT2D eigenvalue weighted by Gasteiger charge is 2.39. The monoisotopic (exact) mass is 601 g/mol. The number of aryl methyl sites for hydroxylation is 1. The molecule has 0 spiro atoms. The Morgan fingerprint density at radius 1 is 1.10 bits per heavy atom. The molecule has 7 nitrogen and oxygen atoms in total. The smallest absolute Gasteiger partial charge is 0.240 e. The zero-order valence-corrected chi connectivity index (χ0v) is 24.1. The van der Waals surface area contributed by atoms with Gasteiger partial charge in [-0.25, -0.2) is 13.5 Å². The molecule has 212 valence electrons. The van der Waals surface area contributed by atoms with Crippen LogP contribution in [-0.2, 0) is 16.1 Å². The summed E-state index contributed by atoms with van der Waals surface area (Å²) in [5.74, 6) is -1.74. The fourth-order valence-electron chi connectivity index (χ4n) is 4.95. The van der Waals surface area contributed by atoms with Crippen LogP contribution in [0.5, 0.6) is 0 Å². The maximum Gasteiger partial charge on any atom is 0.240 e. The van der Waals surface area contributed by atoms with Crippen LogP contribution >= 0.6 is 23.1 Å². The predicted octanol–water partition coefficient (Wildman–Crippen LogP) is 6.07. The maximum atomic E-state index is 15.3. The molecule has 1 unspecified atom stereocenters. The molecule has 4 heterocycles. The third-order valence-electron chi connectivity index (χ3n) is 6.95. The zero-order chi connectivity index (χ0) is 29.2. The summed E-state index contributed by atoms with van der Waals surface area (Å²) in [6, 6.07) is 18.5. The molecular weight excluding hydrogens is 577 g/mol. The van der Waals surface area contributed by atoms with Crippen molar-refractivity contribution < 1.29 is 18.4 Å². The van der Waals surface area contributed by atoms with Crippen LogP contribution in [0.25, 0.3) is 16.3 Å². The summed E-state index contributed by atoms with van der Waals surface area (Å²) < 4.78 is 31.0. The fourth-order valence-corrected chi connectivity index (χ4v) is 6.89. The number of fused-ring (bicyclic) bond motifs is 1. The van der Waals surface area contributed by atoms with Gasteiger partial charge >= 0.3 is 0 Å². The Kier molecular flexibility index (Phi) is 7.86. The third-order valence-corrected chi connectivity index (χ3v) is 9.06. The molecule has 2 aromatic carbocycles. The molecule has 1 aliphatic heterocycles. The van der Waals surface area contributed by atoms with E-state index in [1.54, 1.807) is 23.1 Å². The van der Waals surface area contributed by atoms with Crippen molar-refractivity contribution in [2.24, 2.45) is 0 Å². The lowest BCUT2D eigenvalue weighted by Crippen LogP contribution is -2.42. The zero-order valence-electron chi connectivity index (χ0n) is 22.5. The van der Waals surface area contributed by atoms with E-state index in [2.05, 4.69) is 10.3 Å². The van der Waals surface area contributed by atoms with Gasteiger partial charge in [0.25, 0.3) is 0 Å². The molecule has 0 saturated carbocycles. The maximum absolute atomic E-state index is 15.3. The normalized spacial score (nSPS) is 14.9. The minimum atomic E-state index is -0.714. The second kappa shape index (κ2) is 11.9. The van der Waals surface area contributed by atoms with E-state index in [1.165, 1.54) is 40.1 Å². The number of benzene rings is 2. The predicted molar refractivity (Wildman–Crippen MR) is 161 cm³/mol. The third kappa shape index (κ3) is 5.45. The number of para-hydroxylation sites is 1. The second-order valence-corrected chi connectivity index (χ2v) is 11.8. The molecule has 11 heteroatoms. The first kappa shape index (κ1) is 27.8. The summed E-state index contributed by atoms with van der Waals surface area (Å²) >= 11 is 2.70. The lowest BCUT2D eigenvalue weighted by molar-refractivity contribution is -0.123. The molecule has 1 N–H and O–H groups in total. The molecule has 0 fully saturated rings. The van der Waals surface area contributed by atoms with Crippen molar-refractivity contribution >= 4 is 40.7 Å². The van der Waals surface area contributed by atoms with Gasteiger partial charge in [0.15, 0.2) is 0 Å². The Morgan fingerprint density at radius 3 is 2.69 bits per heavy atom. The van der Waals surface area contributed by atoms with Crippen molar-refractivity contribution in [3.05, 3.63) is 118 Å². The van der Waals surface area contributed by atoms with Gasteiger partial charge < -0.3 is 5.32 Å². The molecule has 2 amide bonds. The number of aromatic nitrogens is 3. The highest BCUT2D eigenvalue weighted by molar-refractivity contribution is 8.00. The lowest BCUT2D eigenvalue weighted by Gasteiger charge is -2.23. The van der Waals surface area contributed by atoms with Crippen molar-refractivity contribution in [1.29, 1.82) is 0 Å². The molecule has 5 aromatic rings. The number of hydrogen-bond donors (Lipinski definition) is 1. The van der Waals surface area contributed by atoms with Gasteiger partial charge in [0.05, 0.1) is 21.6 Å². The first-order chi connectivity index (χ1) is 20.4. The fraction of sp³-hybridized carbons (Fsp3) is 0.161. The van der Waals surface area contributed by atoms with Crippen LogP contribution in [0.1, 0.15) is 27.5 Å². The number of anilines is 1. The number of hydrogen-bond acceptors (Lipinski definition) is 6. The van der Waals surface area contributed by atoms with Crippen LogP contribution in [0, 0.1) is 18.6 Å². The number of pyridine rings is 1. The number of carbonyl (C=O) groups is 2. The quantitative estimate of drug-likeness (QED) is 0.245. The van der Waals surface area contributed by atoms with Gasteiger partial charge in [-0.05, 0) is 47.7 Å². The number of carbonyl (C=O) groups excluding carboxylic acids is 2. The molecular formula is C31H25F2N5O2S2. The number of thiophene rings is 1. The van der Waals surface area contributed by atoms with Crippen molar-refractivity contribution in [3.63, 3.8) is 0 Å². The topological polar surface area (TPSA) is 80.1 Å². The van der Waals surface area contributed by atoms with Crippen LogP contribution in [0.3, 0.4) is 0 Å². The van der Waals surface area contributed by atoms with E-state index in [0.717, 1.165) is 27.8 Å². The van der Waals surface area contributed by atoms with Crippen molar-refractivity contribution in [2.45, 2.75) is 18.7 Å². The Balaban J connectivity index is 1.53. The minimum Gasteiger partial charge on any atom is -0.350 e. The highest BCUT2D eigenvalue weighted by atomic mass is 32.2. The minimum absolute atomic E-state index is 0.0241. The largest absolute Gasteiger partial charge is 0.350 e.